The van der Waals surface area contributed by atoms with Gasteiger partial charge >= 0.3 is 0 Å². The van der Waals surface area contributed by atoms with Crippen LogP contribution < -0.4 is 14.2 Å². The van der Waals surface area contributed by atoms with Crippen LogP contribution in [0.2, 0.25) is 0 Å². The van der Waals surface area contributed by atoms with Gasteiger partial charge in [0.05, 0.1) is 19.8 Å². The second kappa shape index (κ2) is 19.5. The van der Waals surface area contributed by atoms with E-state index in [0.717, 1.165) is 73.0 Å². The van der Waals surface area contributed by atoms with E-state index in [4.69, 9.17) is 29.2 Å². The minimum atomic E-state index is 0.622. The first kappa shape index (κ1) is 34.0. The Labute approximate surface area is 270 Å². The second-order valence-electron chi connectivity index (χ2n) is 11.6. The molecule has 1 heterocycles. The van der Waals surface area contributed by atoms with Crippen LogP contribution in [0.25, 0.3) is 34.2 Å². The van der Waals surface area contributed by atoms with E-state index < -0.39 is 0 Å². The topological polar surface area (TPSA) is 66.4 Å². The molecule has 45 heavy (non-hydrogen) atoms. The monoisotopic (exact) mass is 609 g/mol. The molecule has 0 unspecified atom stereocenters. The molecular formula is C39H51N3O3. The van der Waals surface area contributed by atoms with Gasteiger partial charge in [-0.15, -0.1) is 0 Å². The van der Waals surface area contributed by atoms with E-state index in [1.54, 1.807) is 0 Å². The smallest absolute Gasteiger partial charge is 0.164 e. The van der Waals surface area contributed by atoms with E-state index in [2.05, 4.69) is 20.8 Å². The average Bonchev–Trinajstić information content (AvgIpc) is 3.08. The summed E-state index contributed by atoms with van der Waals surface area (Å²) >= 11 is 0. The number of unbranched alkanes of at least 4 members (excludes halogenated alkanes) is 9. The van der Waals surface area contributed by atoms with Crippen molar-refractivity contribution in [2.24, 2.45) is 0 Å². The largest absolute Gasteiger partial charge is 0.494 e. The molecule has 0 atom stereocenters. The Bertz CT molecular complexity index is 1190. The number of aromatic nitrogens is 3. The summed E-state index contributed by atoms with van der Waals surface area (Å²) in [5.41, 5.74) is 2.74. The van der Waals surface area contributed by atoms with Crippen molar-refractivity contribution in [3.63, 3.8) is 0 Å². The Hall–Kier alpha value is -3.93. The number of benzene rings is 3. The highest BCUT2D eigenvalue weighted by Gasteiger charge is 2.13. The van der Waals surface area contributed by atoms with E-state index in [1.807, 2.05) is 72.8 Å². The molecule has 3 aromatic carbocycles. The number of rotatable bonds is 21. The summed E-state index contributed by atoms with van der Waals surface area (Å²) in [6.45, 7) is 8.86. The lowest BCUT2D eigenvalue weighted by atomic mass is 10.1. The summed E-state index contributed by atoms with van der Waals surface area (Å²) in [5.74, 6) is 4.45. The van der Waals surface area contributed by atoms with Gasteiger partial charge < -0.3 is 14.2 Å². The fourth-order valence-electron chi connectivity index (χ4n) is 5.02. The lowest BCUT2D eigenvalue weighted by Gasteiger charge is -2.11. The van der Waals surface area contributed by atoms with Crippen LogP contribution in [0.4, 0.5) is 0 Å². The zero-order chi connectivity index (χ0) is 31.5. The Kier molecular flexibility index (Phi) is 14.7. The van der Waals surface area contributed by atoms with Gasteiger partial charge in [0, 0.05) is 16.7 Å². The summed E-state index contributed by atoms with van der Waals surface area (Å²) in [4.78, 5) is 14.7. The van der Waals surface area contributed by atoms with Crippen LogP contribution in [0.1, 0.15) is 97.8 Å². The molecule has 6 nitrogen and oxygen atoms in total. The number of nitrogens with zero attached hydrogens (tertiary/aromatic N) is 3. The molecule has 0 N–H and O–H groups in total. The van der Waals surface area contributed by atoms with Crippen molar-refractivity contribution in [1.82, 2.24) is 15.0 Å². The zero-order valence-corrected chi connectivity index (χ0v) is 27.6. The first-order valence-electron chi connectivity index (χ1n) is 17.2. The van der Waals surface area contributed by atoms with E-state index >= 15 is 0 Å². The van der Waals surface area contributed by atoms with Gasteiger partial charge in [-0.05, 0) is 92.1 Å². The first-order valence-corrected chi connectivity index (χ1v) is 17.2. The average molecular weight is 610 g/mol. The van der Waals surface area contributed by atoms with E-state index in [9.17, 15) is 0 Å². The molecule has 1 aromatic heterocycles. The maximum atomic E-state index is 5.97. The quantitative estimate of drug-likeness (QED) is 0.0876. The van der Waals surface area contributed by atoms with Crippen LogP contribution in [0, 0.1) is 0 Å². The molecule has 6 heteroatoms. The molecule has 0 aliphatic heterocycles. The highest BCUT2D eigenvalue weighted by Crippen LogP contribution is 2.28. The third kappa shape index (κ3) is 11.5. The summed E-state index contributed by atoms with van der Waals surface area (Å²) in [6.07, 6.45) is 14.2. The molecule has 0 fully saturated rings. The number of ether oxygens (including phenoxy) is 3. The highest BCUT2D eigenvalue weighted by molar-refractivity contribution is 5.67. The normalized spacial score (nSPS) is 11.0. The highest BCUT2D eigenvalue weighted by atomic mass is 16.5. The van der Waals surface area contributed by atoms with Crippen molar-refractivity contribution >= 4 is 0 Å². The number of hydrogen-bond acceptors (Lipinski definition) is 6. The minimum absolute atomic E-state index is 0.622. The van der Waals surface area contributed by atoms with Crippen LogP contribution in [-0.4, -0.2) is 34.8 Å². The maximum absolute atomic E-state index is 5.97. The zero-order valence-electron chi connectivity index (χ0n) is 27.6. The van der Waals surface area contributed by atoms with Crippen molar-refractivity contribution in [2.75, 3.05) is 19.8 Å². The summed E-state index contributed by atoms with van der Waals surface area (Å²) < 4.78 is 17.9. The van der Waals surface area contributed by atoms with Gasteiger partial charge in [-0.25, -0.2) is 15.0 Å². The van der Waals surface area contributed by atoms with Gasteiger partial charge in [0.15, 0.2) is 17.5 Å². The van der Waals surface area contributed by atoms with E-state index in [0.29, 0.717) is 17.5 Å². The van der Waals surface area contributed by atoms with Crippen molar-refractivity contribution in [1.29, 1.82) is 0 Å². The Morgan fingerprint density at radius 3 is 0.867 bits per heavy atom. The maximum Gasteiger partial charge on any atom is 0.164 e. The van der Waals surface area contributed by atoms with Crippen LogP contribution in [0.3, 0.4) is 0 Å². The van der Waals surface area contributed by atoms with Crippen molar-refractivity contribution < 1.29 is 14.2 Å². The lowest BCUT2D eigenvalue weighted by molar-refractivity contribution is 0.305. The molecule has 0 aliphatic carbocycles. The molecular weight excluding hydrogens is 558 g/mol. The standard InChI is InChI=1S/C39H51N3O3/c1-4-7-10-13-28-43-34-22-16-31(17-23-34)37-40-38(32-18-24-35(25-19-32)44-29-14-11-8-5-2)42-39(41-37)33-20-26-36(27-21-33)45-30-15-12-9-6-3/h16-27H,4-15,28-30H2,1-3H3. The molecule has 240 valence electrons. The molecule has 0 aliphatic rings. The van der Waals surface area contributed by atoms with Gasteiger partial charge in [0.2, 0.25) is 0 Å². The number of hydrogen-bond donors (Lipinski definition) is 0. The molecule has 0 amide bonds. The molecule has 4 rings (SSSR count). The molecule has 0 radical (unpaired) electrons. The lowest BCUT2D eigenvalue weighted by Crippen LogP contribution is -2.01. The van der Waals surface area contributed by atoms with Gasteiger partial charge in [0.1, 0.15) is 17.2 Å². The predicted molar refractivity (Wildman–Crippen MR) is 185 cm³/mol. The summed E-state index contributed by atoms with van der Waals surface area (Å²) in [7, 11) is 0. The fraction of sp³-hybridized carbons (Fsp3) is 0.462. The third-order valence-electron chi connectivity index (χ3n) is 7.77. The van der Waals surface area contributed by atoms with E-state index in [1.165, 1.54) is 57.8 Å². The SMILES string of the molecule is CCCCCCOc1ccc(-c2nc(-c3ccc(OCCCCCC)cc3)nc(-c3ccc(OCCCCCC)cc3)n2)cc1. The Balaban J connectivity index is 1.53. The van der Waals surface area contributed by atoms with Crippen molar-refractivity contribution in [3.05, 3.63) is 72.8 Å². The summed E-state index contributed by atoms with van der Waals surface area (Å²) in [5, 5.41) is 0. The van der Waals surface area contributed by atoms with Crippen molar-refractivity contribution in [2.45, 2.75) is 97.8 Å². The predicted octanol–water partition coefficient (Wildman–Crippen LogP) is 10.7. The van der Waals surface area contributed by atoms with Gasteiger partial charge in [-0.3, -0.25) is 0 Å². The third-order valence-corrected chi connectivity index (χ3v) is 7.77. The molecule has 0 saturated heterocycles. The van der Waals surface area contributed by atoms with Gasteiger partial charge in [-0.1, -0.05) is 78.6 Å². The van der Waals surface area contributed by atoms with Crippen LogP contribution >= 0.6 is 0 Å². The first-order chi connectivity index (χ1) is 22.2. The molecule has 0 bridgehead atoms. The second-order valence-corrected chi connectivity index (χ2v) is 11.6. The van der Waals surface area contributed by atoms with Gasteiger partial charge in [0.25, 0.3) is 0 Å². The Morgan fingerprint density at radius 1 is 0.356 bits per heavy atom. The van der Waals surface area contributed by atoms with Crippen LogP contribution in [-0.2, 0) is 0 Å². The van der Waals surface area contributed by atoms with Crippen LogP contribution in [0.15, 0.2) is 72.8 Å². The van der Waals surface area contributed by atoms with E-state index in [-0.39, 0.29) is 0 Å². The minimum Gasteiger partial charge on any atom is -0.494 e. The molecule has 0 spiro atoms. The fourth-order valence-corrected chi connectivity index (χ4v) is 5.02. The molecule has 4 aromatic rings. The summed E-state index contributed by atoms with van der Waals surface area (Å²) in [6, 6.07) is 24.1. The van der Waals surface area contributed by atoms with Crippen LogP contribution in [0.5, 0.6) is 17.2 Å². The molecule has 0 saturated carbocycles. The van der Waals surface area contributed by atoms with Gasteiger partial charge in [-0.2, -0.15) is 0 Å². The van der Waals surface area contributed by atoms with Crippen molar-refractivity contribution in [3.8, 4) is 51.4 Å². The Morgan fingerprint density at radius 2 is 0.622 bits per heavy atom.